The van der Waals surface area contributed by atoms with Crippen molar-refractivity contribution in [3.8, 4) is 0 Å². The van der Waals surface area contributed by atoms with E-state index in [-0.39, 0.29) is 11.8 Å². The first kappa shape index (κ1) is 11.4. The minimum Gasteiger partial charge on any atom is -0.481 e. The predicted octanol–water partition coefficient (Wildman–Crippen LogP) is 2.16. The zero-order valence-electron chi connectivity index (χ0n) is 10.8. The summed E-state index contributed by atoms with van der Waals surface area (Å²) in [5.74, 6) is 1.56. The molecule has 4 bridgehead atoms. The van der Waals surface area contributed by atoms with Gasteiger partial charge in [0.25, 0.3) is 0 Å². The first-order valence-electron chi connectivity index (χ1n) is 7.18. The average molecular weight is 262 g/mol. The summed E-state index contributed by atoms with van der Waals surface area (Å²) in [6.07, 6.45) is 7.47. The average Bonchev–Trinajstić information content (AvgIpc) is 2.74. The first-order chi connectivity index (χ1) is 9.14. The Morgan fingerprint density at radius 3 is 2.26 bits per heavy atom. The minimum absolute atomic E-state index is 0.0689. The molecule has 0 saturated heterocycles. The maximum absolute atomic E-state index is 10.9. The van der Waals surface area contributed by atoms with E-state index in [2.05, 4.69) is 10.3 Å². The molecule has 0 atom stereocenters. The van der Waals surface area contributed by atoms with Crippen LogP contribution in [0, 0.1) is 17.8 Å². The molecule has 1 aromatic heterocycles. The molecule has 1 N–H and O–H groups in total. The third-order valence-corrected chi connectivity index (χ3v) is 5.42. The Balaban J connectivity index is 1.72. The number of hydrogen-bond acceptors (Lipinski definition) is 4. The SMILES string of the molecule is O=C(O)Cc1nonc1C12CC3CC(CC(C3)C1)C2. The van der Waals surface area contributed by atoms with E-state index in [4.69, 9.17) is 9.74 Å². The molecule has 5 rings (SSSR count). The van der Waals surface area contributed by atoms with Crippen molar-refractivity contribution in [2.45, 2.75) is 50.4 Å². The molecule has 5 nitrogen and oxygen atoms in total. The second-order valence-corrected chi connectivity index (χ2v) is 6.83. The fourth-order valence-corrected chi connectivity index (χ4v) is 5.27. The molecular formula is C14H18N2O3. The minimum atomic E-state index is -0.860. The number of carbonyl (C=O) groups is 1. The van der Waals surface area contributed by atoms with E-state index in [1.807, 2.05) is 0 Å². The van der Waals surface area contributed by atoms with Crippen molar-refractivity contribution < 1.29 is 14.5 Å². The van der Waals surface area contributed by atoms with Crippen LogP contribution in [0.4, 0.5) is 0 Å². The molecular weight excluding hydrogens is 244 g/mol. The first-order valence-corrected chi connectivity index (χ1v) is 7.18. The number of aliphatic carboxylic acids is 1. The van der Waals surface area contributed by atoms with Crippen LogP contribution in [0.2, 0.25) is 0 Å². The van der Waals surface area contributed by atoms with Gasteiger partial charge in [-0.15, -0.1) is 0 Å². The Hall–Kier alpha value is -1.39. The molecule has 102 valence electrons. The van der Waals surface area contributed by atoms with Crippen LogP contribution < -0.4 is 0 Å². The van der Waals surface area contributed by atoms with Crippen molar-refractivity contribution in [3.63, 3.8) is 0 Å². The summed E-state index contributed by atoms with van der Waals surface area (Å²) in [4.78, 5) is 10.9. The number of nitrogens with zero attached hydrogens (tertiary/aromatic N) is 2. The normalized spacial score (nSPS) is 39.7. The fourth-order valence-electron chi connectivity index (χ4n) is 5.27. The van der Waals surface area contributed by atoms with Gasteiger partial charge in [0, 0.05) is 5.41 Å². The van der Waals surface area contributed by atoms with Gasteiger partial charge in [0.15, 0.2) is 0 Å². The Morgan fingerprint density at radius 2 is 1.74 bits per heavy atom. The molecule has 19 heavy (non-hydrogen) atoms. The summed E-state index contributed by atoms with van der Waals surface area (Å²) < 4.78 is 4.87. The highest BCUT2D eigenvalue weighted by molar-refractivity contribution is 5.69. The molecule has 4 saturated carbocycles. The van der Waals surface area contributed by atoms with Crippen molar-refractivity contribution >= 4 is 5.97 Å². The maximum atomic E-state index is 10.9. The summed E-state index contributed by atoms with van der Waals surface area (Å²) in [7, 11) is 0. The molecule has 1 heterocycles. The van der Waals surface area contributed by atoms with Crippen LogP contribution in [0.15, 0.2) is 4.63 Å². The van der Waals surface area contributed by atoms with Gasteiger partial charge in [0.1, 0.15) is 11.4 Å². The van der Waals surface area contributed by atoms with Crippen molar-refractivity contribution in [3.05, 3.63) is 11.4 Å². The standard InChI is InChI=1S/C14H18N2O3/c17-12(18)4-11-13(16-19-15-11)14-5-8-1-9(6-14)3-10(2-8)7-14/h8-10H,1-7H2,(H,17,18). The molecule has 0 unspecified atom stereocenters. The van der Waals surface area contributed by atoms with Crippen LogP contribution in [0.3, 0.4) is 0 Å². The van der Waals surface area contributed by atoms with E-state index in [9.17, 15) is 4.79 Å². The fraction of sp³-hybridized carbons (Fsp3) is 0.786. The largest absolute Gasteiger partial charge is 0.481 e. The molecule has 4 aliphatic carbocycles. The van der Waals surface area contributed by atoms with E-state index in [1.54, 1.807) is 0 Å². The number of carboxylic acids is 1. The molecule has 4 aliphatic rings. The summed E-state index contributed by atoms with van der Waals surface area (Å²) in [6.45, 7) is 0. The Labute approximate surface area is 111 Å². The van der Waals surface area contributed by atoms with Crippen molar-refractivity contribution in [2.75, 3.05) is 0 Å². The number of rotatable bonds is 3. The zero-order valence-corrected chi connectivity index (χ0v) is 10.8. The lowest BCUT2D eigenvalue weighted by molar-refractivity contribution is -0.136. The second-order valence-electron chi connectivity index (χ2n) is 6.83. The van der Waals surface area contributed by atoms with Gasteiger partial charge in [-0.2, -0.15) is 0 Å². The molecule has 0 amide bonds. The van der Waals surface area contributed by atoms with Crippen molar-refractivity contribution in [2.24, 2.45) is 17.8 Å². The summed E-state index contributed by atoms with van der Waals surface area (Å²) in [5.41, 5.74) is 1.47. The summed E-state index contributed by atoms with van der Waals surface area (Å²) in [6, 6.07) is 0. The van der Waals surface area contributed by atoms with Crippen LogP contribution >= 0.6 is 0 Å². The predicted molar refractivity (Wildman–Crippen MR) is 65.5 cm³/mol. The van der Waals surface area contributed by atoms with Gasteiger partial charge in [-0.3, -0.25) is 4.79 Å². The third kappa shape index (κ3) is 1.70. The molecule has 4 fully saturated rings. The highest BCUT2D eigenvalue weighted by atomic mass is 16.6. The van der Waals surface area contributed by atoms with Gasteiger partial charge >= 0.3 is 5.97 Å². The van der Waals surface area contributed by atoms with Gasteiger partial charge < -0.3 is 5.11 Å². The molecule has 1 aromatic rings. The van der Waals surface area contributed by atoms with Gasteiger partial charge in [0.05, 0.1) is 6.42 Å². The second kappa shape index (κ2) is 3.81. The monoisotopic (exact) mass is 262 g/mol. The van der Waals surface area contributed by atoms with Gasteiger partial charge in [-0.05, 0) is 56.3 Å². The highest BCUT2D eigenvalue weighted by Crippen LogP contribution is 2.60. The molecule has 5 heteroatoms. The van der Waals surface area contributed by atoms with Gasteiger partial charge in [0.2, 0.25) is 0 Å². The molecule has 0 aromatic carbocycles. The van der Waals surface area contributed by atoms with E-state index in [0.29, 0.717) is 5.69 Å². The topological polar surface area (TPSA) is 76.2 Å². The lowest BCUT2D eigenvalue weighted by Crippen LogP contribution is -2.49. The maximum Gasteiger partial charge on any atom is 0.309 e. The lowest BCUT2D eigenvalue weighted by Gasteiger charge is -2.56. The van der Waals surface area contributed by atoms with Crippen LogP contribution in [-0.4, -0.2) is 21.4 Å². The zero-order chi connectivity index (χ0) is 13.0. The number of hydrogen-bond donors (Lipinski definition) is 1. The van der Waals surface area contributed by atoms with Crippen molar-refractivity contribution in [1.29, 1.82) is 0 Å². The highest BCUT2D eigenvalue weighted by Gasteiger charge is 2.54. The molecule has 0 aliphatic heterocycles. The number of aromatic nitrogens is 2. The Bertz CT molecular complexity index is 487. The van der Waals surface area contributed by atoms with E-state index in [0.717, 1.165) is 42.7 Å². The van der Waals surface area contributed by atoms with E-state index >= 15 is 0 Å². The van der Waals surface area contributed by atoms with Crippen LogP contribution in [0.25, 0.3) is 0 Å². The Morgan fingerprint density at radius 1 is 1.16 bits per heavy atom. The summed E-state index contributed by atoms with van der Waals surface area (Å²) >= 11 is 0. The van der Waals surface area contributed by atoms with Gasteiger partial charge in [-0.1, -0.05) is 10.3 Å². The smallest absolute Gasteiger partial charge is 0.309 e. The Kier molecular flexibility index (Phi) is 2.29. The van der Waals surface area contributed by atoms with Crippen molar-refractivity contribution in [1.82, 2.24) is 10.3 Å². The van der Waals surface area contributed by atoms with Crippen LogP contribution in [0.1, 0.15) is 49.9 Å². The van der Waals surface area contributed by atoms with Crippen LogP contribution in [-0.2, 0) is 16.6 Å². The van der Waals surface area contributed by atoms with Gasteiger partial charge in [-0.25, -0.2) is 4.63 Å². The van der Waals surface area contributed by atoms with Crippen LogP contribution in [0.5, 0.6) is 0 Å². The third-order valence-electron chi connectivity index (χ3n) is 5.42. The van der Waals surface area contributed by atoms with E-state index < -0.39 is 5.97 Å². The summed E-state index contributed by atoms with van der Waals surface area (Å²) in [5, 5.41) is 16.9. The quantitative estimate of drug-likeness (QED) is 0.903. The molecule has 0 radical (unpaired) electrons. The lowest BCUT2D eigenvalue weighted by atomic mass is 9.48. The van der Waals surface area contributed by atoms with E-state index in [1.165, 1.54) is 19.3 Å². The number of carboxylic acid groups (broad SMARTS) is 1. The molecule has 0 spiro atoms.